The Morgan fingerprint density at radius 2 is 1.00 bits per heavy atom. The summed E-state index contributed by atoms with van der Waals surface area (Å²) in [6.45, 7) is 6.09. The molecule has 0 heterocycles. The molecule has 0 nitrogen and oxygen atoms in total. The van der Waals surface area contributed by atoms with Gasteiger partial charge in [-0.25, -0.2) is 0 Å². The van der Waals surface area contributed by atoms with Crippen LogP contribution in [0.3, 0.4) is 0 Å². The number of unbranched alkanes of at least 4 members (excludes halogenated alkanes) is 13. The second-order valence-corrected chi connectivity index (χ2v) is 5.79. The summed E-state index contributed by atoms with van der Waals surface area (Å²) in [5.41, 5.74) is 0. The molecule has 0 spiro atoms. The number of rotatable bonds is 15. The second-order valence-electron chi connectivity index (χ2n) is 5.79. The van der Waals surface area contributed by atoms with Crippen LogP contribution in [0.5, 0.6) is 0 Å². The summed E-state index contributed by atoms with van der Waals surface area (Å²) in [5, 5.41) is 0. The van der Waals surface area contributed by atoms with E-state index in [1.165, 1.54) is 89.9 Å². The standard InChI is InChI=1S/C19H37/c1-3-5-7-9-11-13-15-17-19-18-16-14-12-10-8-6-4-2/h5,7H,1,3-4,6,8-19H2,2H3/b7-5+. The van der Waals surface area contributed by atoms with Gasteiger partial charge in [0, 0.05) is 0 Å². The van der Waals surface area contributed by atoms with Gasteiger partial charge in [0.15, 0.2) is 0 Å². The third kappa shape index (κ3) is 17.7. The van der Waals surface area contributed by atoms with Crippen molar-refractivity contribution in [2.45, 2.75) is 103 Å². The predicted octanol–water partition coefficient (Wildman–Crippen LogP) is 7.25. The fraction of sp³-hybridized carbons (Fsp3) is 0.842. The summed E-state index contributed by atoms with van der Waals surface area (Å²) >= 11 is 0. The van der Waals surface area contributed by atoms with Crippen LogP contribution < -0.4 is 0 Å². The van der Waals surface area contributed by atoms with Crippen molar-refractivity contribution in [1.29, 1.82) is 0 Å². The average Bonchev–Trinajstić information content (AvgIpc) is 2.43. The molecule has 0 aromatic carbocycles. The molecular formula is C19H37. The number of hydrogen-bond acceptors (Lipinski definition) is 0. The monoisotopic (exact) mass is 265 g/mol. The smallest absolute Gasteiger partial charge is 0.0351 e. The van der Waals surface area contributed by atoms with Gasteiger partial charge in [0.2, 0.25) is 0 Å². The highest BCUT2D eigenvalue weighted by molar-refractivity contribution is 4.81. The lowest BCUT2D eigenvalue weighted by Gasteiger charge is -2.02. The molecule has 0 saturated heterocycles. The zero-order valence-corrected chi connectivity index (χ0v) is 13.5. The van der Waals surface area contributed by atoms with Crippen LogP contribution in [0.2, 0.25) is 0 Å². The Labute approximate surface area is 123 Å². The second kappa shape index (κ2) is 17.7. The molecule has 0 atom stereocenters. The largest absolute Gasteiger partial charge is 0.0885 e. The van der Waals surface area contributed by atoms with Crippen molar-refractivity contribution in [3.63, 3.8) is 0 Å². The van der Waals surface area contributed by atoms with Crippen LogP contribution in [0, 0.1) is 6.92 Å². The summed E-state index contributed by atoms with van der Waals surface area (Å²) < 4.78 is 0. The molecule has 0 aromatic heterocycles. The molecular weight excluding hydrogens is 228 g/mol. The van der Waals surface area contributed by atoms with Gasteiger partial charge in [-0.05, 0) is 26.2 Å². The molecule has 19 heavy (non-hydrogen) atoms. The Morgan fingerprint density at radius 3 is 1.42 bits per heavy atom. The van der Waals surface area contributed by atoms with Crippen molar-refractivity contribution >= 4 is 0 Å². The van der Waals surface area contributed by atoms with E-state index in [1.54, 1.807) is 0 Å². The van der Waals surface area contributed by atoms with E-state index in [9.17, 15) is 0 Å². The topological polar surface area (TPSA) is 0 Å². The van der Waals surface area contributed by atoms with Crippen LogP contribution in [-0.2, 0) is 0 Å². The van der Waals surface area contributed by atoms with Crippen LogP contribution in [0.25, 0.3) is 0 Å². The van der Waals surface area contributed by atoms with E-state index in [2.05, 4.69) is 26.0 Å². The molecule has 0 saturated carbocycles. The Kier molecular flexibility index (Phi) is 17.5. The van der Waals surface area contributed by atoms with Gasteiger partial charge in [0.25, 0.3) is 0 Å². The highest BCUT2D eigenvalue weighted by Crippen LogP contribution is 2.12. The Bertz CT molecular complexity index is 169. The van der Waals surface area contributed by atoms with Crippen molar-refractivity contribution in [2.24, 2.45) is 0 Å². The maximum absolute atomic E-state index is 3.80. The van der Waals surface area contributed by atoms with Gasteiger partial charge >= 0.3 is 0 Å². The Morgan fingerprint density at radius 1 is 0.579 bits per heavy atom. The summed E-state index contributed by atoms with van der Waals surface area (Å²) in [6.07, 6.45) is 25.4. The van der Waals surface area contributed by atoms with E-state index in [-0.39, 0.29) is 0 Å². The fourth-order valence-corrected chi connectivity index (χ4v) is 2.52. The summed E-state index contributed by atoms with van der Waals surface area (Å²) in [4.78, 5) is 0. The lowest BCUT2D eigenvalue weighted by Crippen LogP contribution is -1.82. The summed E-state index contributed by atoms with van der Waals surface area (Å²) in [7, 11) is 0. The minimum absolute atomic E-state index is 0.943. The molecule has 0 unspecified atom stereocenters. The van der Waals surface area contributed by atoms with Crippen LogP contribution in [-0.4, -0.2) is 0 Å². The molecule has 0 rings (SSSR count). The molecule has 0 N–H and O–H groups in total. The van der Waals surface area contributed by atoms with Crippen molar-refractivity contribution in [3.05, 3.63) is 19.1 Å². The first kappa shape index (κ1) is 18.7. The normalized spacial score (nSPS) is 11.5. The maximum Gasteiger partial charge on any atom is -0.0351 e. The number of allylic oxidation sites excluding steroid dienone is 2. The highest BCUT2D eigenvalue weighted by atomic mass is 14.0. The van der Waals surface area contributed by atoms with Gasteiger partial charge in [-0.15, -0.1) is 0 Å². The van der Waals surface area contributed by atoms with Crippen molar-refractivity contribution in [3.8, 4) is 0 Å². The van der Waals surface area contributed by atoms with E-state index >= 15 is 0 Å². The predicted molar refractivity (Wildman–Crippen MR) is 89.4 cm³/mol. The maximum atomic E-state index is 3.80. The van der Waals surface area contributed by atoms with Crippen LogP contribution in [0.4, 0.5) is 0 Å². The molecule has 0 fully saturated rings. The van der Waals surface area contributed by atoms with Crippen molar-refractivity contribution < 1.29 is 0 Å². The van der Waals surface area contributed by atoms with Gasteiger partial charge in [0.1, 0.15) is 0 Å². The van der Waals surface area contributed by atoms with Crippen LogP contribution in [0.1, 0.15) is 103 Å². The third-order valence-electron chi connectivity index (χ3n) is 3.81. The van der Waals surface area contributed by atoms with E-state index in [4.69, 9.17) is 0 Å². The number of hydrogen-bond donors (Lipinski definition) is 0. The van der Waals surface area contributed by atoms with E-state index in [0.29, 0.717) is 0 Å². The fourth-order valence-electron chi connectivity index (χ4n) is 2.52. The average molecular weight is 266 g/mol. The minimum atomic E-state index is 0.943. The zero-order valence-electron chi connectivity index (χ0n) is 13.5. The zero-order chi connectivity index (χ0) is 14.0. The molecule has 113 valence electrons. The molecule has 0 aliphatic carbocycles. The van der Waals surface area contributed by atoms with Gasteiger partial charge in [0.05, 0.1) is 0 Å². The van der Waals surface area contributed by atoms with Crippen LogP contribution >= 0.6 is 0 Å². The van der Waals surface area contributed by atoms with Gasteiger partial charge in [-0.1, -0.05) is 96.1 Å². The quantitative estimate of drug-likeness (QED) is 0.216. The first-order valence-corrected chi connectivity index (χ1v) is 8.86. The first-order valence-electron chi connectivity index (χ1n) is 8.86. The molecule has 0 bridgehead atoms. The van der Waals surface area contributed by atoms with Gasteiger partial charge < -0.3 is 0 Å². The Hall–Kier alpha value is -0.260. The van der Waals surface area contributed by atoms with Crippen LogP contribution in [0.15, 0.2) is 12.2 Å². The molecule has 1 radical (unpaired) electrons. The Balaban J connectivity index is 2.93. The van der Waals surface area contributed by atoms with Crippen molar-refractivity contribution in [2.75, 3.05) is 0 Å². The highest BCUT2D eigenvalue weighted by Gasteiger charge is 1.93. The van der Waals surface area contributed by atoms with E-state index in [0.717, 1.165) is 6.42 Å². The first-order chi connectivity index (χ1) is 9.41. The lowest BCUT2D eigenvalue weighted by atomic mass is 10.0. The van der Waals surface area contributed by atoms with Gasteiger partial charge in [-0.2, -0.15) is 0 Å². The lowest BCUT2D eigenvalue weighted by molar-refractivity contribution is 0.540. The molecule has 0 aliphatic rings. The molecule has 0 aromatic rings. The summed E-state index contributed by atoms with van der Waals surface area (Å²) in [5.74, 6) is 0. The van der Waals surface area contributed by atoms with E-state index < -0.39 is 0 Å². The third-order valence-corrected chi connectivity index (χ3v) is 3.81. The molecule has 0 amide bonds. The molecule has 0 heteroatoms. The summed E-state index contributed by atoms with van der Waals surface area (Å²) in [6, 6.07) is 0. The minimum Gasteiger partial charge on any atom is -0.0885 e. The van der Waals surface area contributed by atoms with Gasteiger partial charge in [-0.3, -0.25) is 0 Å². The van der Waals surface area contributed by atoms with E-state index in [1.807, 2.05) is 0 Å². The molecule has 0 aliphatic heterocycles. The SMILES string of the molecule is [CH2]C/C=C/CCCCCCCCCCCCCCC. The van der Waals surface area contributed by atoms with Crippen molar-refractivity contribution in [1.82, 2.24) is 0 Å².